The van der Waals surface area contributed by atoms with E-state index in [0.717, 1.165) is 173 Å². The van der Waals surface area contributed by atoms with Crippen molar-refractivity contribution in [2.24, 2.45) is 45.9 Å². The van der Waals surface area contributed by atoms with Gasteiger partial charge in [-0.05, 0) is 122 Å². The summed E-state index contributed by atoms with van der Waals surface area (Å²) in [6.45, 7) is 9.57. The first-order valence-corrected chi connectivity index (χ1v) is 47.2. The predicted octanol–water partition coefficient (Wildman–Crippen LogP) is 5.16. The minimum absolute atomic E-state index is 0.00245. The maximum Gasteiger partial charge on any atom is 0.409 e. The summed E-state index contributed by atoms with van der Waals surface area (Å²) in [4.78, 5) is 114. The summed E-state index contributed by atoms with van der Waals surface area (Å²) in [5.41, 5.74) is 44.4. The third kappa shape index (κ3) is 63.4. The van der Waals surface area contributed by atoms with Crippen LogP contribution in [-0.2, 0) is 28.5 Å². The number of nitrogens with two attached hydrogens (primary N) is 8. The van der Waals surface area contributed by atoms with Crippen LogP contribution in [0.15, 0.2) is 0 Å². The molecule has 1 aliphatic heterocycles. The van der Waals surface area contributed by atoms with E-state index in [4.69, 9.17) is 123 Å². The number of hydrogen-bond acceptors (Lipinski definition) is 24. The summed E-state index contributed by atoms with van der Waals surface area (Å²) in [5, 5.41) is 83.4. The standard InChI is InChI=1S/C84H167N35O10/c1-68(120)38-20-2-3-21-39-69(121)112-56-58-113(59-57-112)78-109-79(114(60-64-126-81(122)116(48-30-12-4-22-40-101-70(85)86)49-31-13-5-23-41-102-71(87)88)61-65-127-82(123)117(50-32-14-6-24-42-103-72(89)90)51-33-15-7-25-43-104-73(91)92)111-80(110-78)115(62-66-128-83(124)118(52-34-16-8-26-44-105-74(93)94)53-35-17-9-27-45-106-75(95)96)63-67-129-84(125)119(54-36-18-10-28-46-107-76(97)98)55-37-19-11-29-47-108-77(99)100/h2-67H2,1H3,(H4,85,86,101)(H4,87,88,102)(H4,89,90,103)(H4,91,92,104)(H4,93,94,105)(H4,95,96,106)(H4,97,98,107)(H4,99,100,108). The van der Waals surface area contributed by atoms with E-state index >= 15 is 0 Å². The fraction of sp³-hybridized carbons (Fsp3) is 0.798. The first-order chi connectivity index (χ1) is 62.1. The molecule has 45 nitrogen and oxygen atoms in total. The van der Waals surface area contributed by atoms with Crippen LogP contribution in [0.2, 0.25) is 0 Å². The van der Waals surface area contributed by atoms with Crippen molar-refractivity contribution in [3.05, 3.63) is 0 Å². The number of aromatic nitrogens is 3. The minimum Gasteiger partial charge on any atom is -0.448 e. The summed E-state index contributed by atoms with van der Waals surface area (Å²) in [6, 6.07) is 0. The van der Waals surface area contributed by atoms with Gasteiger partial charge in [0.15, 0.2) is 47.7 Å². The number of carbonyl (C=O) groups excluding carboxylic acids is 6. The van der Waals surface area contributed by atoms with Crippen molar-refractivity contribution < 1.29 is 47.7 Å². The zero-order chi connectivity index (χ0) is 94.7. The third-order valence-corrected chi connectivity index (χ3v) is 21.5. The number of guanidine groups is 8. The summed E-state index contributed by atoms with van der Waals surface area (Å²) in [6.07, 6.45) is 26.3. The Morgan fingerprint density at radius 1 is 0.279 bits per heavy atom. The number of piperazine rings is 1. The maximum atomic E-state index is 14.6. The SMILES string of the molecule is CC(=O)CCCCCCC(=O)N1CCN(c2nc(N(CCOC(=O)N(CCCCCCNC(=N)N)CCCCCCNC(=N)N)CCOC(=O)N(CCCCCCNC(=N)N)CCCCCCNC(=N)N)nc(N(CCOC(=O)N(CCCCCCNC(=N)N)CCCCCCNC(=N)N)CCOC(=O)N(CCCCCCNC(=N)N)CCCCCCNC(=N)N)n2)CC1. The monoisotopic (exact) mass is 1830 g/mol. The lowest BCUT2D eigenvalue weighted by Gasteiger charge is -2.35. The summed E-state index contributed by atoms with van der Waals surface area (Å²) < 4.78 is 25.0. The molecular weight excluding hydrogens is 1660 g/mol. The van der Waals surface area contributed by atoms with Crippen LogP contribution >= 0.6 is 0 Å². The summed E-state index contributed by atoms with van der Waals surface area (Å²) in [5.74, 6) is -0.269. The molecule has 32 N–H and O–H groups in total. The van der Waals surface area contributed by atoms with Crippen LogP contribution < -0.4 is 103 Å². The van der Waals surface area contributed by atoms with Crippen LogP contribution in [0.4, 0.5) is 37.0 Å². The molecule has 0 unspecified atom stereocenters. The van der Waals surface area contributed by atoms with E-state index in [1.165, 1.54) is 0 Å². The van der Waals surface area contributed by atoms with Gasteiger partial charge in [0.1, 0.15) is 32.2 Å². The number of hydrogen-bond donors (Lipinski definition) is 24. The van der Waals surface area contributed by atoms with E-state index in [9.17, 15) is 28.8 Å². The number of ether oxygens (including phenoxy) is 4. The largest absolute Gasteiger partial charge is 0.448 e. The lowest BCUT2D eigenvalue weighted by molar-refractivity contribution is -0.131. The van der Waals surface area contributed by atoms with Gasteiger partial charge in [0.2, 0.25) is 23.8 Å². The molecule has 1 aromatic heterocycles. The third-order valence-electron chi connectivity index (χ3n) is 21.5. The van der Waals surface area contributed by atoms with E-state index < -0.39 is 24.4 Å². The molecule has 0 bridgehead atoms. The molecule has 738 valence electrons. The van der Waals surface area contributed by atoms with Gasteiger partial charge in [0.05, 0.1) is 26.2 Å². The molecule has 1 aromatic rings. The first-order valence-electron chi connectivity index (χ1n) is 47.2. The highest BCUT2D eigenvalue weighted by Gasteiger charge is 2.29. The second-order valence-corrected chi connectivity index (χ2v) is 32.6. The average molecular weight is 1830 g/mol. The Hall–Kier alpha value is -11.2. The summed E-state index contributed by atoms with van der Waals surface area (Å²) in [7, 11) is 0. The fourth-order valence-electron chi connectivity index (χ4n) is 14.3. The molecule has 2 rings (SSSR count). The Morgan fingerprint density at radius 3 is 0.690 bits per heavy atom. The van der Waals surface area contributed by atoms with Crippen LogP contribution in [0.5, 0.6) is 0 Å². The molecule has 2 heterocycles. The Morgan fingerprint density at radius 2 is 0.481 bits per heavy atom. The number of rotatable bonds is 78. The molecule has 0 spiro atoms. The molecule has 0 radical (unpaired) electrons. The molecule has 129 heavy (non-hydrogen) atoms. The van der Waals surface area contributed by atoms with E-state index in [2.05, 4.69) is 42.5 Å². The van der Waals surface area contributed by atoms with E-state index in [0.29, 0.717) is 202 Å². The molecule has 0 saturated carbocycles. The van der Waals surface area contributed by atoms with Crippen LogP contribution in [0, 0.1) is 43.3 Å². The van der Waals surface area contributed by atoms with Crippen molar-refractivity contribution in [3.8, 4) is 0 Å². The van der Waals surface area contributed by atoms with Crippen molar-refractivity contribution in [2.75, 3.05) is 198 Å². The van der Waals surface area contributed by atoms with Gasteiger partial charge in [-0.3, -0.25) is 48.1 Å². The number of anilines is 3. The quantitative estimate of drug-likeness (QED) is 0.0173. The molecule has 1 fully saturated rings. The molecule has 5 amide bonds. The Labute approximate surface area is 766 Å². The zero-order valence-corrected chi connectivity index (χ0v) is 77.8. The van der Waals surface area contributed by atoms with Crippen molar-refractivity contribution >= 4 is 102 Å². The number of unbranched alkanes of at least 4 members (excludes halogenated alkanes) is 27. The van der Waals surface area contributed by atoms with Gasteiger partial charge in [0, 0.05) is 144 Å². The normalized spacial score (nSPS) is 11.6. The van der Waals surface area contributed by atoms with Gasteiger partial charge >= 0.3 is 24.4 Å². The van der Waals surface area contributed by atoms with Crippen molar-refractivity contribution in [2.45, 2.75) is 251 Å². The smallest absolute Gasteiger partial charge is 0.409 e. The minimum atomic E-state index is -0.543. The molecule has 1 saturated heterocycles. The van der Waals surface area contributed by atoms with Crippen molar-refractivity contribution in [3.63, 3.8) is 0 Å². The number of nitrogens with one attached hydrogen (secondary N) is 16. The van der Waals surface area contributed by atoms with Gasteiger partial charge in [-0.25, -0.2) is 19.2 Å². The van der Waals surface area contributed by atoms with Gasteiger partial charge in [-0.15, -0.1) is 0 Å². The zero-order valence-electron chi connectivity index (χ0n) is 77.8. The van der Waals surface area contributed by atoms with E-state index in [1.54, 1.807) is 36.3 Å². The fourth-order valence-corrected chi connectivity index (χ4v) is 14.3. The van der Waals surface area contributed by atoms with Crippen molar-refractivity contribution in [1.29, 1.82) is 43.3 Å². The first kappa shape index (κ1) is 114. The van der Waals surface area contributed by atoms with Gasteiger partial charge in [0.25, 0.3) is 0 Å². The molecular formula is C84H167N35O10. The molecule has 0 aromatic carbocycles. The topological polar surface area (TPSA) is 699 Å². The lowest BCUT2D eigenvalue weighted by atomic mass is 10.1. The predicted molar refractivity (Wildman–Crippen MR) is 510 cm³/mol. The van der Waals surface area contributed by atoms with Crippen LogP contribution in [0.25, 0.3) is 0 Å². The number of amides is 5. The molecule has 0 aliphatic carbocycles. The molecule has 1 aliphatic rings. The number of nitrogens with zero attached hydrogens (tertiary/aromatic N) is 11. The van der Waals surface area contributed by atoms with Crippen LogP contribution in [0.3, 0.4) is 0 Å². The van der Waals surface area contributed by atoms with Crippen LogP contribution in [-0.4, -0.2) is 307 Å². The summed E-state index contributed by atoms with van der Waals surface area (Å²) >= 11 is 0. The Kier molecular flexibility index (Phi) is 65.9. The van der Waals surface area contributed by atoms with Crippen LogP contribution in [0.1, 0.15) is 251 Å². The highest BCUT2D eigenvalue weighted by molar-refractivity contribution is 5.78. The number of Topliss-reactive ketones (excluding diaryl/α,β-unsaturated/α-hetero) is 1. The highest BCUT2D eigenvalue weighted by atomic mass is 16.6. The van der Waals surface area contributed by atoms with E-state index in [-0.39, 0.29) is 130 Å². The van der Waals surface area contributed by atoms with Gasteiger partial charge in [-0.1, -0.05) is 116 Å². The Balaban J connectivity index is 3.02. The molecule has 45 heteroatoms. The average Bonchev–Trinajstić information content (AvgIpc) is 0.804. The highest BCUT2D eigenvalue weighted by Crippen LogP contribution is 2.24. The Bertz CT molecular complexity index is 2880. The second-order valence-electron chi connectivity index (χ2n) is 32.6. The number of carbonyl (C=O) groups is 6. The number of ketones is 1. The molecule has 0 atom stereocenters. The maximum absolute atomic E-state index is 14.6. The lowest BCUT2D eigenvalue weighted by Crippen LogP contribution is -2.49. The van der Waals surface area contributed by atoms with Gasteiger partial charge < -0.3 is 151 Å². The van der Waals surface area contributed by atoms with E-state index in [1.807, 2.05) is 9.80 Å². The van der Waals surface area contributed by atoms with Gasteiger partial charge in [-0.2, -0.15) is 15.0 Å². The second kappa shape index (κ2) is 74.7. The van der Waals surface area contributed by atoms with Crippen molar-refractivity contribution in [1.82, 2.24) is 82.0 Å².